The van der Waals surface area contributed by atoms with E-state index in [4.69, 9.17) is 16.3 Å². The maximum Gasteiger partial charge on any atom is 0.0686 e. The van der Waals surface area contributed by atoms with Crippen molar-refractivity contribution in [3.8, 4) is 0 Å². The van der Waals surface area contributed by atoms with Crippen LogP contribution in [0.3, 0.4) is 0 Å². The van der Waals surface area contributed by atoms with Crippen LogP contribution in [-0.4, -0.2) is 19.3 Å². The molecule has 1 heterocycles. The van der Waals surface area contributed by atoms with Crippen LogP contribution in [0, 0.1) is 5.92 Å². The summed E-state index contributed by atoms with van der Waals surface area (Å²) in [5.74, 6) is 0.639. The average Bonchev–Trinajstić information content (AvgIpc) is 2.49. The van der Waals surface area contributed by atoms with Crippen molar-refractivity contribution in [3.63, 3.8) is 0 Å². The second kappa shape index (κ2) is 6.68. The molecule has 1 saturated carbocycles. The largest absolute Gasteiger partial charge is 0.375 e. The number of halogens is 1. The third kappa shape index (κ3) is 3.44. The van der Waals surface area contributed by atoms with Crippen LogP contribution in [0.2, 0.25) is 5.02 Å². The summed E-state index contributed by atoms with van der Waals surface area (Å²) in [6, 6.07) is 8.68. The van der Waals surface area contributed by atoms with Crippen molar-refractivity contribution in [2.45, 2.75) is 56.6 Å². The fourth-order valence-corrected chi connectivity index (χ4v) is 4.47. The van der Waals surface area contributed by atoms with E-state index in [0.717, 1.165) is 18.1 Å². The zero-order valence-corrected chi connectivity index (χ0v) is 13.7. The summed E-state index contributed by atoms with van der Waals surface area (Å²) < 4.78 is 6.24. The van der Waals surface area contributed by atoms with E-state index in [1.165, 1.54) is 44.1 Å². The molecule has 2 fully saturated rings. The van der Waals surface area contributed by atoms with Crippen molar-refractivity contribution in [2.75, 3.05) is 13.7 Å². The molecule has 1 aromatic rings. The molecule has 3 heteroatoms. The van der Waals surface area contributed by atoms with Crippen molar-refractivity contribution >= 4 is 11.6 Å². The molecule has 1 N–H and O–H groups in total. The van der Waals surface area contributed by atoms with Gasteiger partial charge in [-0.3, -0.25) is 0 Å². The number of benzene rings is 1. The van der Waals surface area contributed by atoms with Gasteiger partial charge in [0.25, 0.3) is 0 Å². The minimum atomic E-state index is 0.162. The van der Waals surface area contributed by atoms with Gasteiger partial charge in [0.2, 0.25) is 0 Å². The summed E-state index contributed by atoms with van der Waals surface area (Å²) >= 11 is 6.17. The van der Waals surface area contributed by atoms with Gasteiger partial charge in [0.15, 0.2) is 0 Å². The molecule has 1 spiro atoms. The zero-order valence-electron chi connectivity index (χ0n) is 12.9. The molecule has 0 bridgehead atoms. The summed E-state index contributed by atoms with van der Waals surface area (Å²) in [7, 11) is 2.06. The molecule has 2 aliphatic rings. The van der Waals surface area contributed by atoms with Crippen molar-refractivity contribution in [3.05, 3.63) is 34.9 Å². The monoisotopic (exact) mass is 307 g/mol. The first-order chi connectivity index (χ1) is 10.2. The lowest BCUT2D eigenvalue weighted by Gasteiger charge is -2.45. The molecule has 116 valence electrons. The van der Waals surface area contributed by atoms with Crippen molar-refractivity contribution < 1.29 is 4.74 Å². The molecule has 2 atom stereocenters. The van der Waals surface area contributed by atoms with Gasteiger partial charge in [0.1, 0.15) is 0 Å². The highest BCUT2D eigenvalue weighted by atomic mass is 35.5. The molecule has 1 aliphatic carbocycles. The van der Waals surface area contributed by atoms with Gasteiger partial charge in [-0.1, -0.05) is 43.0 Å². The lowest BCUT2D eigenvalue weighted by Crippen LogP contribution is -2.44. The van der Waals surface area contributed by atoms with Gasteiger partial charge in [-0.05, 0) is 56.3 Å². The van der Waals surface area contributed by atoms with E-state index in [2.05, 4.69) is 30.6 Å². The Labute approximate surface area is 133 Å². The Balaban J connectivity index is 1.77. The summed E-state index contributed by atoms with van der Waals surface area (Å²) in [5.41, 5.74) is 1.47. The van der Waals surface area contributed by atoms with Crippen LogP contribution >= 0.6 is 11.6 Å². The molecule has 2 nitrogen and oxygen atoms in total. The van der Waals surface area contributed by atoms with Crippen molar-refractivity contribution in [1.29, 1.82) is 0 Å². The average molecular weight is 308 g/mol. The number of nitrogens with one attached hydrogen (secondary N) is 1. The molecule has 1 saturated heterocycles. The van der Waals surface area contributed by atoms with E-state index in [0.29, 0.717) is 12.0 Å². The Morgan fingerprint density at radius 2 is 2.10 bits per heavy atom. The maximum absolute atomic E-state index is 6.24. The topological polar surface area (TPSA) is 21.3 Å². The summed E-state index contributed by atoms with van der Waals surface area (Å²) in [4.78, 5) is 0. The Morgan fingerprint density at radius 1 is 1.29 bits per heavy atom. The van der Waals surface area contributed by atoms with Gasteiger partial charge < -0.3 is 10.1 Å². The fraction of sp³-hybridized carbons (Fsp3) is 0.667. The highest BCUT2D eigenvalue weighted by molar-refractivity contribution is 6.30. The molecule has 2 unspecified atom stereocenters. The molecular weight excluding hydrogens is 282 g/mol. The second-order valence-corrected chi connectivity index (χ2v) is 7.10. The molecule has 3 rings (SSSR count). The third-order valence-corrected chi connectivity index (χ3v) is 5.52. The molecular formula is C18H26ClNO. The van der Waals surface area contributed by atoms with Crippen LogP contribution in [0.25, 0.3) is 0 Å². The summed E-state index contributed by atoms with van der Waals surface area (Å²) in [5, 5.41) is 4.35. The highest BCUT2D eigenvalue weighted by Crippen LogP contribution is 2.44. The van der Waals surface area contributed by atoms with E-state index in [-0.39, 0.29) is 5.60 Å². The first-order valence-electron chi connectivity index (χ1n) is 8.29. The maximum atomic E-state index is 6.24. The number of hydrogen-bond acceptors (Lipinski definition) is 2. The summed E-state index contributed by atoms with van der Waals surface area (Å²) in [6.07, 6.45) is 8.84. The van der Waals surface area contributed by atoms with Crippen LogP contribution in [0.15, 0.2) is 24.3 Å². The lowest BCUT2D eigenvalue weighted by atomic mass is 9.73. The van der Waals surface area contributed by atoms with Crippen LogP contribution < -0.4 is 5.32 Å². The molecule has 1 aromatic carbocycles. The quantitative estimate of drug-likeness (QED) is 0.871. The number of ether oxygens (including phenoxy) is 1. The Bertz CT molecular complexity index is 465. The van der Waals surface area contributed by atoms with Gasteiger partial charge in [0.05, 0.1) is 5.60 Å². The minimum absolute atomic E-state index is 0.162. The highest BCUT2D eigenvalue weighted by Gasteiger charge is 2.40. The molecule has 21 heavy (non-hydrogen) atoms. The van der Waals surface area contributed by atoms with E-state index < -0.39 is 0 Å². The normalized spacial score (nSPS) is 26.7. The number of hydrogen-bond donors (Lipinski definition) is 1. The van der Waals surface area contributed by atoms with E-state index in [1.54, 1.807) is 0 Å². The van der Waals surface area contributed by atoms with Crippen molar-refractivity contribution in [2.24, 2.45) is 5.92 Å². The van der Waals surface area contributed by atoms with Crippen LogP contribution in [-0.2, 0) is 4.74 Å². The number of rotatable bonds is 3. The van der Waals surface area contributed by atoms with Gasteiger partial charge in [-0.2, -0.15) is 0 Å². The molecule has 0 aromatic heterocycles. The van der Waals surface area contributed by atoms with Gasteiger partial charge in [-0.25, -0.2) is 0 Å². The van der Waals surface area contributed by atoms with Gasteiger partial charge in [0, 0.05) is 17.7 Å². The Morgan fingerprint density at radius 3 is 2.81 bits per heavy atom. The van der Waals surface area contributed by atoms with Gasteiger partial charge >= 0.3 is 0 Å². The van der Waals surface area contributed by atoms with E-state index in [1.807, 2.05) is 6.07 Å². The standard InChI is InChI=1S/C18H26ClNO/c1-20-17(14-6-5-7-16(19)12-14)15-8-11-21-18(13-15)9-3-2-4-10-18/h5-7,12,15,17,20H,2-4,8-11,13H2,1H3. The van der Waals surface area contributed by atoms with Crippen molar-refractivity contribution in [1.82, 2.24) is 5.32 Å². The molecule has 1 aliphatic heterocycles. The van der Waals surface area contributed by atoms with E-state index >= 15 is 0 Å². The van der Waals surface area contributed by atoms with Crippen LogP contribution in [0.5, 0.6) is 0 Å². The molecule has 0 radical (unpaired) electrons. The molecule has 0 amide bonds. The Kier molecular flexibility index (Phi) is 4.88. The van der Waals surface area contributed by atoms with Gasteiger partial charge in [-0.15, -0.1) is 0 Å². The zero-order chi connectivity index (χ0) is 14.7. The second-order valence-electron chi connectivity index (χ2n) is 6.67. The predicted octanol–water partition coefficient (Wildman–Crippen LogP) is 4.73. The van der Waals surface area contributed by atoms with Crippen LogP contribution in [0.4, 0.5) is 0 Å². The SMILES string of the molecule is CNC(c1cccc(Cl)c1)C1CCOC2(CCCCC2)C1. The minimum Gasteiger partial charge on any atom is -0.375 e. The Hall–Kier alpha value is -0.570. The van der Waals surface area contributed by atoms with Crippen LogP contribution in [0.1, 0.15) is 56.6 Å². The van der Waals surface area contributed by atoms with E-state index in [9.17, 15) is 0 Å². The lowest BCUT2D eigenvalue weighted by molar-refractivity contribution is -0.121. The first-order valence-corrected chi connectivity index (χ1v) is 8.67. The summed E-state index contributed by atoms with van der Waals surface area (Å²) in [6.45, 7) is 0.906. The smallest absolute Gasteiger partial charge is 0.0686 e. The third-order valence-electron chi connectivity index (χ3n) is 5.29. The first kappa shape index (κ1) is 15.3. The fourth-order valence-electron chi connectivity index (χ4n) is 4.27. The predicted molar refractivity (Wildman–Crippen MR) is 87.7 cm³/mol.